The van der Waals surface area contributed by atoms with Crippen molar-refractivity contribution in [1.82, 2.24) is 0 Å². The first-order chi connectivity index (χ1) is 9.22. The normalized spacial score (nSPS) is 16.6. The highest BCUT2D eigenvalue weighted by Gasteiger charge is 2.25. The van der Waals surface area contributed by atoms with Gasteiger partial charge in [0.05, 0.1) is 6.26 Å². The van der Waals surface area contributed by atoms with Gasteiger partial charge in [0.15, 0.2) is 11.5 Å². The highest BCUT2D eigenvalue weighted by molar-refractivity contribution is 6.30. The van der Waals surface area contributed by atoms with Crippen molar-refractivity contribution >= 4 is 29.5 Å². The lowest BCUT2D eigenvalue weighted by atomic mass is 10.2. The molecule has 5 heteroatoms. The Morgan fingerprint density at radius 1 is 1.16 bits per heavy atom. The molecule has 0 unspecified atom stereocenters. The van der Waals surface area contributed by atoms with Gasteiger partial charge in [-0.05, 0) is 35.9 Å². The number of halogens is 1. The van der Waals surface area contributed by atoms with E-state index in [1.807, 2.05) is 0 Å². The molecule has 0 aliphatic carbocycles. The molecular formula is C14H8ClNO3. The molecule has 3 rings (SSSR count). The summed E-state index contributed by atoms with van der Waals surface area (Å²) >= 11 is 5.80. The number of rotatable bonds is 2. The zero-order valence-electron chi connectivity index (χ0n) is 9.67. The van der Waals surface area contributed by atoms with E-state index in [2.05, 4.69) is 4.99 Å². The number of aliphatic imine (C=N–C) groups is 1. The Hall–Kier alpha value is -2.33. The van der Waals surface area contributed by atoms with Crippen LogP contribution in [0.3, 0.4) is 0 Å². The van der Waals surface area contributed by atoms with E-state index in [4.69, 9.17) is 20.8 Å². The van der Waals surface area contributed by atoms with Crippen molar-refractivity contribution in [3.63, 3.8) is 0 Å². The first-order valence-corrected chi connectivity index (χ1v) is 5.92. The molecule has 0 saturated carbocycles. The third-order valence-electron chi connectivity index (χ3n) is 2.53. The molecule has 0 bridgehead atoms. The molecule has 0 N–H and O–H groups in total. The first kappa shape index (κ1) is 11.7. The third-order valence-corrected chi connectivity index (χ3v) is 2.78. The van der Waals surface area contributed by atoms with Crippen LogP contribution in [0.5, 0.6) is 0 Å². The smallest absolute Gasteiger partial charge is 0.363 e. The van der Waals surface area contributed by atoms with Crippen molar-refractivity contribution in [3.05, 3.63) is 64.7 Å². The number of benzene rings is 1. The van der Waals surface area contributed by atoms with Crippen molar-refractivity contribution in [3.8, 4) is 0 Å². The van der Waals surface area contributed by atoms with Gasteiger partial charge in [-0.3, -0.25) is 0 Å². The van der Waals surface area contributed by atoms with E-state index in [9.17, 15) is 4.79 Å². The van der Waals surface area contributed by atoms with Crippen molar-refractivity contribution < 1.29 is 13.9 Å². The summed E-state index contributed by atoms with van der Waals surface area (Å²) < 4.78 is 10.2. The summed E-state index contributed by atoms with van der Waals surface area (Å²) in [6, 6.07) is 10.5. The van der Waals surface area contributed by atoms with E-state index < -0.39 is 5.97 Å². The van der Waals surface area contributed by atoms with Gasteiger partial charge in [-0.2, -0.15) is 0 Å². The van der Waals surface area contributed by atoms with Crippen LogP contribution in [0.4, 0.5) is 0 Å². The number of esters is 1. The second kappa shape index (κ2) is 4.74. The summed E-state index contributed by atoms with van der Waals surface area (Å²) in [5.74, 6) is 0.101. The van der Waals surface area contributed by atoms with Gasteiger partial charge >= 0.3 is 5.97 Å². The Morgan fingerprint density at radius 2 is 1.95 bits per heavy atom. The number of ether oxygens (including phenoxy) is 1. The number of cyclic esters (lactones) is 1. The number of hydrogen-bond donors (Lipinski definition) is 0. The van der Waals surface area contributed by atoms with Crippen LogP contribution in [-0.4, -0.2) is 11.9 Å². The fourth-order valence-electron chi connectivity index (χ4n) is 1.63. The quantitative estimate of drug-likeness (QED) is 0.623. The molecule has 0 fully saturated rings. The van der Waals surface area contributed by atoms with Crippen LogP contribution in [0.25, 0.3) is 6.08 Å². The zero-order chi connectivity index (χ0) is 13.2. The molecule has 94 valence electrons. The maximum absolute atomic E-state index is 11.7. The molecule has 0 atom stereocenters. The molecule has 0 spiro atoms. The van der Waals surface area contributed by atoms with Gasteiger partial charge in [0, 0.05) is 5.02 Å². The van der Waals surface area contributed by atoms with E-state index >= 15 is 0 Å². The average Bonchev–Trinajstić information content (AvgIpc) is 3.03. The van der Waals surface area contributed by atoms with Crippen LogP contribution >= 0.6 is 11.6 Å². The average molecular weight is 274 g/mol. The Kier molecular flexibility index (Phi) is 2.93. The molecule has 0 radical (unpaired) electrons. The fourth-order valence-corrected chi connectivity index (χ4v) is 1.76. The maximum Gasteiger partial charge on any atom is 0.363 e. The van der Waals surface area contributed by atoms with Crippen molar-refractivity contribution in [2.24, 2.45) is 4.99 Å². The lowest BCUT2D eigenvalue weighted by Gasteiger charge is -1.94. The fraction of sp³-hybridized carbons (Fsp3) is 0. The molecule has 4 nitrogen and oxygen atoms in total. The summed E-state index contributed by atoms with van der Waals surface area (Å²) in [4.78, 5) is 15.8. The van der Waals surface area contributed by atoms with Gasteiger partial charge in [-0.15, -0.1) is 0 Å². The molecule has 1 aromatic carbocycles. The Labute approximate surface area is 114 Å². The van der Waals surface area contributed by atoms with Crippen LogP contribution < -0.4 is 0 Å². The van der Waals surface area contributed by atoms with Gasteiger partial charge in [-0.1, -0.05) is 23.7 Å². The molecule has 2 heterocycles. The zero-order valence-corrected chi connectivity index (χ0v) is 10.4. The standard InChI is InChI=1S/C14H8ClNO3/c15-10-5-3-9(4-6-10)8-11-14(17)19-13(16-11)12-2-1-7-18-12/h1-8H. The molecule has 19 heavy (non-hydrogen) atoms. The maximum atomic E-state index is 11.7. The molecule has 0 saturated heterocycles. The Bertz CT molecular complexity index is 669. The van der Waals surface area contributed by atoms with Crippen LogP contribution in [-0.2, 0) is 9.53 Å². The molecule has 1 aliphatic heterocycles. The largest absolute Gasteiger partial charge is 0.459 e. The van der Waals surface area contributed by atoms with E-state index in [1.165, 1.54) is 6.26 Å². The second-order valence-electron chi connectivity index (χ2n) is 3.86. The first-order valence-electron chi connectivity index (χ1n) is 5.54. The van der Waals surface area contributed by atoms with Crippen LogP contribution in [0.15, 0.2) is 57.8 Å². The molecular weight excluding hydrogens is 266 g/mol. The minimum absolute atomic E-state index is 0.176. The molecule has 2 aromatic rings. The van der Waals surface area contributed by atoms with E-state index in [0.29, 0.717) is 10.8 Å². The van der Waals surface area contributed by atoms with Gasteiger partial charge < -0.3 is 9.15 Å². The lowest BCUT2D eigenvalue weighted by Crippen LogP contribution is -2.04. The summed E-state index contributed by atoms with van der Waals surface area (Å²) in [7, 11) is 0. The minimum Gasteiger partial charge on any atom is -0.459 e. The summed E-state index contributed by atoms with van der Waals surface area (Å²) in [5.41, 5.74) is 1.05. The second-order valence-corrected chi connectivity index (χ2v) is 4.30. The van der Waals surface area contributed by atoms with Crippen LogP contribution in [0.2, 0.25) is 5.02 Å². The van der Waals surface area contributed by atoms with Gasteiger partial charge in [-0.25, -0.2) is 9.79 Å². The number of carbonyl (C=O) groups excluding carboxylic acids is 1. The van der Waals surface area contributed by atoms with Crippen molar-refractivity contribution in [2.45, 2.75) is 0 Å². The van der Waals surface area contributed by atoms with Gasteiger partial charge in [0.1, 0.15) is 0 Å². The Balaban J connectivity index is 1.92. The monoisotopic (exact) mass is 273 g/mol. The summed E-state index contributed by atoms with van der Waals surface area (Å²) in [5, 5.41) is 0.635. The number of furan rings is 1. The minimum atomic E-state index is -0.499. The number of hydrogen-bond acceptors (Lipinski definition) is 4. The SMILES string of the molecule is O=C1OC(c2ccco2)=NC1=Cc1ccc(Cl)cc1. The summed E-state index contributed by atoms with van der Waals surface area (Å²) in [6.07, 6.45) is 3.13. The van der Waals surface area contributed by atoms with Crippen molar-refractivity contribution in [1.29, 1.82) is 0 Å². The van der Waals surface area contributed by atoms with Gasteiger partial charge in [0.25, 0.3) is 5.90 Å². The molecule has 0 amide bonds. The van der Waals surface area contributed by atoms with E-state index in [-0.39, 0.29) is 11.6 Å². The molecule has 1 aromatic heterocycles. The third kappa shape index (κ3) is 2.44. The number of nitrogens with zero attached hydrogens (tertiary/aromatic N) is 1. The highest BCUT2D eigenvalue weighted by Crippen LogP contribution is 2.20. The van der Waals surface area contributed by atoms with Crippen LogP contribution in [0, 0.1) is 0 Å². The predicted octanol–water partition coefficient (Wildman–Crippen LogP) is 3.28. The van der Waals surface area contributed by atoms with E-state index in [1.54, 1.807) is 42.5 Å². The lowest BCUT2D eigenvalue weighted by molar-refractivity contribution is -0.130. The Morgan fingerprint density at radius 3 is 2.63 bits per heavy atom. The van der Waals surface area contributed by atoms with E-state index in [0.717, 1.165) is 5.56 Å². The topological polar surface area (TPSA) is 51.8 Å². The highest BCUT2D eigenvalue weighted by atomic mass is 35.5. The van der Waals surface area contributed by atoms with Crippen molar-refractivity contribution in [2.75, 3.05) is 0 Å². The predicted molar refractivity (Wildman–Crippen MR) is 70.8 cm³/mol. The summed E-state index contributed by atoms with van der Waals surface area (Å²) in [6.45, 7) is 0. The molecule has 1 aliphatic rings. The van der Waals surface area contributed by atoms with Gasteiger partial charge in [0.2, 0.25) is 0 Å². The van der Waals surface area contributed by atoms with Crippen LogP contribution in [0.1, 0.15) is 11.3 Å². The number of carbonyl (C=O) groups is 1.